The molecule has 1 nitrogen and oxygen atoms in total. The summed E-state index contributed by atoms with van der Waals surface area (Å²) in [4.78, 5) is 0. The van der Waals surface area contributed by atoms with Gasteiger partial charge in [-0.05, 0) is 56.3 Å². The zero-order valence-electron chi connectivity index (χ0n) is 11.0. The van der Waals surface area contributed by atoms with Crippen LogP contribution in [0.4, 0.5) is 0 Å². The largest absolute Gasteiger partial charge is 0.390 e. The number of hydrogen-bond acceptors (Lipinski definition) is 1. The average molecular weight is 224 g/mol. The topological polar surface area (TPSA) is 20.2 Å². The van der Waals surface area contributed by atoms with Gasteiger partial charge in [-0.1, -0.05) is 33.1 Å². The standard InChI is InChI=1S/C15H28O/c1-3-13-8-10-15(16,11-9-13)14-6-4-12(2)5-7-14/h12-14,16H,3-11H2,1-2H3. The minimum atomic E-state index is -0.286. The van der Waals surface area contributed by atoms with Crippen LogP contribution in [0.1, 0.15) is 71.6 Å². The van der Waals surface area contributed by atoms with Crippen molar-refractivity contribution in [3.8, 4) is 0 Å². The van der Waals surface area contributed by atoms with Gasteiger partial charge in [0.1, 0.15) is 0 Å². The van der Waals surface area contributed by atoms with Crippen molar-refractivity contribution in [1.29, 1.82) is 0 Å². The molecule has 0 saturated heterocycles. The molecule has 0 aromatic rings. The molecule has 2 rings (SSSR count). The normalized spacial score (nSPS) is 45.6. The molecule has 1 heteroatoms. The minimum Gasteiger partial charge on any atom is -0.390 e. The molecular formula is C15H28O. The molecule has 0 aromatic heterocycles. The first-order chi connectivity index (χ1) is 7.64. The lowest BCUT2D eigenvalue weighted by Gasteiger charge is -2.44. The van der Waals surface area contributed by atoms with Gasteiger partial charge in [-0.25, -0.2) is 0 Å². The Labute approximate surface area is 101 Å². The summed E-state index contributed by atoms with van der Waals surface area (Å²) in [6.07, 6.45) is 11.2. The van der Waals surface area contributed by atoms with Gasteiger partial charge in [0.2, 0.25) is 0 Å². The van der Waals surface area contributed by atoms with Crippen molar-refractivity contribution in [2.24, 2.45) is 17.8 Å². The molecule has 0 bridgehead atoms. The SMILES string of the molecule is CCC1CCC(O)(C2CCC(C)CC2)CC1. The molecule has 2 aliphatic rings. The average Bonchev–Trinajstić information content (AvgIpc) is 2.31. The van der Waals surface area contributed by atoms with Crippen LogP contribution >= 0.6 is 0 Å². The fourth-order valence-corrected chi connectivity index (χ4v) is 3.79. The maximum absolute atomic E-state index is 10.8. The Bertz CT molecular complexity index is 207. The molecular weight excluding hydrogens is 196 g/mol. The Balaban J connectivity index is 1.88. The van der Waals surface area contributed by atoms with E-state index in [1.54, 1.807) is 0 Å². The molecule has 0 amide bonds. The van der Waals surface area contributed by atoms with Crippen LogP contribution in [-0.4, -0.2) is 10.7 Å². The monoisotopic (exact) mass is 224 g/mol. The van der Waals surface area contributed by atoms with Crippen molar-refractivity contribution in [3.05, 3.63) is 0 Å². The smallest absolute Gasteiger partial charge is 0.0676 e. The zero-order valence-corrected chi connectivity index (χ0v) is 11.0. The Kier molecular flexibility index (Phi) is 3.94. The highest BCUT2D eigenvalue weighted by Crippen LogP contribution is 2.44. The van der Waals surface area contributed by atoms with Gasteiger partial charge in [0.15, 0.2) is 0 Å². The Hall–Kier alpha value is -0.0400. The number of aliphatic hydroxyl groups is 1. The Morgan fingerprint density at radius 2 is 1.56 bits per heavy atom. The summed E-state index contributed by atoms with van der Waals surface area (Å²) in [5, 5.41) is 10.8. The molecule has 2 aliphatic carbocycles. The second kappa shape index (κ2) is 5.08. The van der Waals surface area contributed by atoms with Gasteiger partial charge >= 0.3 is 0 Å². The summed E-state index contributed by atoms with van der Waals surface area (Å²) in [5.41, 5.74) is -0.286. The van der Waals surface area contributed by atoms with Gasteiger partial charge in [-0.15, -0.1) is 0 Å². The summed E-state index contributed by atoms with van der Waals surface area (Å²) >= 11 is 0. The van der Waals surface area contributed by atoms with Gasteiger partial charge < -0.3 is 5.11 Å². The maximum Gasteiger partial charge on any atom is 0.0676 e. The summed E-state index contributed by atoms with van der Waals surface area (Å²) < 4.78 is 0. The van der Waals surface area contributed by atoms with Gasteiger partial charge in [0, 0.05) is 0 Å². The van der Waals surface area contributed by atoms with E-state index in [1.807, 2.05) is 0 Å². The molecule has 2 saturated carbocycles. The molecule has 0 radical (unpaired) electrons. The van der Waals surface area contributed by atoms with Crippen molar-refractivity contribution in [2.75, 3.05) is 0 Å². The van der Waals surface area contributed by atoms with Crippen molar-refractivity contribution in [1.82, 2.24) is 0 Å². The van der Waals surface area contributed by atoms with Crippen LogP contribution in [-0.2, 0) is 0 Å². The molecule has 2 fully saturated rings. The fourth-order valence-electron chi connectivity index (χ4n) is 3.79. The van der Waals surface area contributed by atoms with Crippen LogP contribution in [0.3, 0.4) is 0 Å². The lowest BCUT2D eigenvalue weighted by atomic mass is 9.66. The minimum absolute atomic E-state index is 0.286. The van der Waals surface area contributed by atoms with Gasteiger partial charge in [0.25, 0.3) is 0 Å². The quantitative estimate of drug-likeness (QED) is 0.747. The lowest BCUT2D eigenvalue weighted by Crippen LogP contribution is -2.43. The van der Waals surface area contributed by atoms with Crippen LogP contribution < -0.4 is 0 Å². The van der Waals surface area contributed by atoms with E-state index in [0.717, 1.165) is 24.7 Å². The molecule has 0 aromatic carbocycles. The first kappa shape index (κ1) is 12.4. The molecule has 0 heterocycles. The predicted molar refractivity (Wildman–Crippen MR) is 68.3 cm³/mol. The number of hydrogen-bond donors (Lipinski definition) is 1. The Morgan fingerprint density at radius 1 is 1.00 bits per heavy atom. The molecule has 0 aliphatic heterocycles. The van der Waals surface area contributed by atoms with Crippen LogP contribution in [0.25, 0.3) is 0 Å². The molecule has 94 valence electrons. The maximum atomic E-state index is 10.8. The van der Waals surface area contributed by atoms with E-state index in [9.17, 15) is 5.11 Å². The number of rotatable bonds is 2. The first-order valence-electron chi connectivity index (χ1n) is 7.36. The van der Waals surface area contributed by atoms with Crippen LogP contribution in [0.2, 0.25) is 0 Å². The molecule has 1 N–H and O–H groups in total. The fraction of sp³-hybridized carbons (Fsp3) is 1.00. The third-order valence-corrected chi connectivity index (χ3v) is 5.32. The van der Waals surface area contributed by atoms with Gasteiger partial charge in [-0.2, -0.15) is 0 Å². The van der Waals surface area contributed by atoms with Gasteiger partial charge in [-0.3, -0.25) is 0 Å². The van der Waals surface area contributed by atoms with Crippen LogP contribution in [0.15, 0.2) is 0 Å². The molecule has 0 atom stereocenters. The molecule has 0 spiro atoms. The summed E-state index contributed by atoms with van der Waals surface area (Å²) in [5.74, 6) is 2.40. The van der Waals surface area contributed by atoms with Crippen molar-refractivity contribution in [2.45, 2.75) is 77.2 Å². The van der Waals surface area contributed by atoms with E-state index in [0.29, 0.717) is 5.92 Å². The summed E-state index contributed by atoms with van der Waals surface area (Å²) in [6, 6.07) is 0. The zero-order chi connectivity index (χ0) is 11.6. The molecule has 16 heavy (non-hydrogen) atoms. The van der Waals surface area contributed by atoms with E-state index < -0.39 is 0 Å². The molecule has 0 unspecified atom stereocenters. The predicted octanol–water partition coefficient (Wildman–Crippen LogP) is 4.14. The highest BCUT2D eigenvalue weighted by Gasteiger charge is 2.40. The highest BCUT2D eigenvalue weighted by atomic mass is 16.3. The van der Waals surface area contributed by atoms with Crippen molar-refractivity contribution < 1.29 is 5.11 Å². The third kappa shape index (κ3) is 2.61. The van der Waals surface area contributed by atoms with Crippen LogP contribution in [0.5, 0.6) is 0 Å². The van der Waals surface area contributed by atoms with E-state index >= 15 is 0 Å². The Morgan fingerprint density at radius 3 is 2.06 bits per heavy atom. The second-order valence-electron chi connectivity index (χ2n) is 6.41. The summed E-state index contributed by atoms with van der Waals surface area (Å²) in [7, 11) is 0. The first-order valence-corrected chi connectivity index (χ1v) is 7.36. The third-order valence-electron chi connectivity index (χ3n) is 5.32. The van der Waals surface area contributed by atoms with Crippen molar-refractivity contribution >= 4 is 0 Å². The van der Waals surface area contributed by atoms with E-state index in [4.69, 9.17) is 0 Å². The second-order valence-corrected chi connectivity index (χ2v) is 6.41. The van der Waals surface area contributed by atoms with Crippen molar-refractivity contribution in [3.63, 3.8) is 0 Å². The lowest BCUT2D eigenvalue weighted by molar-refractivity contribution is -0.0739. The van der Waals surface area contributed by atoms with E-state index in [-0.39, 0.29) is 5.60 Å². The summed E-state index contributed by atoms with van der Waals surface area (Å²) in [6.45, 7) is 4.64. The van der Waals surface area contributed by atoms with Gasteiger partial charge in [0.05, 0.1) is 5.60 Å². The van der Waals surface area contributed by atoms with Crippen LogP contribution in [0, 0.1) is 17.8 Å². The van der Waals surface area contributed by atoms with E-state index in [1.165, 1.54) is 44.9 Å². The van der Waals surface area contributed by atoms with E-state index in [2.05, 4.69) is 13.8 Å². The highest BCUT2D eigenvalue weighted by molar-refractivity contribution is 4.92.